The van der Waals surface area contributed by atoms with Crippen LogP contribution in [0.15, 0.2) is 53.5 Å². The lowest BCUT2D eigenvalue weighted by Gasteiger charge is -2.22. The van der Waals surface area contributed by atoms with E-state index in [0.717, 1.165) is 0 Å². The first-order chi connectivity index (χ1) is 18.1. The highest BCUT2D eigenvalue weighted by Gasteiger charge is 2.25. The number of methoxy groups -OCH3 is 3. The van der Waals surface area contributed by atoms with Crippen molar-refractivity contribution in [2.45, 2.75) is 19.4 Å². The molecule has 0 aliphatic carbocycles. The number of Topliss-reactive ketones (excluding diaryl/α,β-unsaturated/α-hetero) is 1. The van der Waals surface area contributed by atoms with E-state index < -0.39 is 23.5 Å². The second kappa shape index (κ2) is 12.4. The Balaban J connectivity index is 2.06. The van der Waals surface area contributed by atoms with Crippen LogP contribution in [0.1, 0.15) is 40.1 Å². The van der Waals surface area contributed by atoms with Crippen molar-refractivity contribution in [2.24, 2.45) is 0 Å². The van der Waals surface area contributed by atoms with Crippen molar-refractivity contribution in [1.29, 1.82) is 0 Å². The third kappa shape index (κ3) is 6.21. The summed E-state index contributed by atoms with van der Waals surface area (Å²) in [7, 11) is 4.20. The largest absolute Gasteiger partial charge is 0.496 e. The lowest BCUT2D eigenvalue weighted by Crippen LogP contribution is -2.34. The van der Waals surface area contributed by atoms with Crippen LogP contribution in [0.25, 0.3) is 11.1 Å². The van der Waals surface area contributed by atoms with Crippen molar-refractivity contribution in [3.05, 3.63) is 75.2 Å². The molecule has 0 bridgehead atoms. The molecule has 1 aromatic heterocycles. The van der Waals surface area contributed by atoms with Gasteiger partial charge in [-0.15, -0.1) is 0 Å². The summed E-state index contributed by atoms with van der Waals surface area (Å²) in [6.07, 6.45) is 1.54. The monoisotopic (exact) mass is 542 g/mol. The van der Waals surface area contributed by atoms with Gasteiger partial charge in [0.25, 0.3) is 5.56 Å². The molecule has 0 spiro atoms. The van der Waals surface area contributed by atoms with Gasteiger partial charge in [0, 0.05) is 54.1 Å². The van der Waals surface area contributed by atoms with E-state index in [-0.39, 0.29) is 41.6 Å². The molecule has 1 atom stereocenters. The van der Waals surface area contributed by atoms with Crippen LogP contribution in [0.4, 0.5) is 5.69 Å². The van der Waals surface area contributed by atoms with Crippen molar-refractivity contribution in [2.75, 3.05) is 33.3 Å². The predicted molar refractivity (Wildman–Crippen MR) is 142 cm³/mol. The van der Waals surface area contributed by atoms with E-state index in [4.69, 9.17) is 25.8 Å². The van der Waals surface area contributed by atoms with Crippen LogP contribution in [0.5, 0.6) is 11.5 Å². The van der Waals surface area contributed by atoms with Gasteiger partial charge in [-0.05, 0) is 42.8 Å². The molecule has 2 N–H and O–H groups in total. The number of carboxylic acid groups (broad SMARTS) is 1. The molecule has 2 aromatic carbocycles. The lowest BCUT2D eigenvalue weighted by molar-refractivity contribution is -0.119. The number of amides is 1. The number of aromatic nitrogens is 1. The number of carbonyl (C=O) groups excluding carboxylic acids is 2. The van der Waals surface area contributed by atoms with E-state index in [1.54, 1.807) is 18.2 Å². The number of benzene rings is 2. The number of nitrogens with one attached hydrogen (secondary N) is 1. The van der Waals surface area contributed by atoms with E-state index in [2.05, 4.69) is 5.32 Å². The molecule has 0 aliphatic rings. The van der Waals surface area contributed by atoms with E-state index in [1.165, 1.54) is 63.3 Å². The summed E-state index contributed by atoms with van der Waals surface area (Å²) in [5.74, 6) is -1.63. The number of anilines is 1. The molecule has 0 saturated heterocycles. The zero-order chi connectivity index (χ0) is 28.0. The topological polar surface area (TPSA) is 133 Å². The first-order valence-electron chi connectivity index (χ1n) is 11.4. The second-order valence-corrected chi connectivity index (χ2v) is 8.69. The number of nitrogens with zero attached hydrogens (tertiary/aromatic N) is 1. The Labute approximate surface area is 223 Å². The van der Waals surface area contributed by atoms with E-state index in [1.807, 2.05) is 0 Å². The van der Waals surface area contributed by atoms with Crippen LogP contribution in [0.2, 0.25) is 5.02 Å². The van der Waals surface area contributed by atoms with Crippen molar-refractivity contribution >= 4 is 34.9 Å². The summed E-state index contributed by atoms with van der Waals surface area (Å²) in [6.45, 7) is 1.57. The molecular weight excluding hydrogens is 516 g/mol. The molecule has 3 aromatic rings. The molecule has 0 saturated carbocycles. The summed E-state index contributed by atoms with van der Waals surface area (Å²) in [5, 5.41) is 12.4. The highest BCUT2D eigenvalue weighted by Crippen LogP contribution is 2.34. The minimum absolute atomic E-state index is 0.0646. The minimum atomic E-state index is -1.18. The van der Waals surface area contributed by atoms with E-state index in [9.17, 15) is 24.3 Å². The number of hydrogen-bond acceptors (Lipinski definition) is 7. The molecule has 0 radical (unpaired) electrons. The molecule has 1 amide bonds. The number of ether oxygens (including phenoxy) is 3. The number of carboxylic acids is 1. The molecule has 0 aliphatic heterocycles. The number of rotatable bonds is 11. The lowest BCUT2D eigenvalue weighted by atomic mass is 9.97. The molecule has 200 valence electrons. The molecule has 11 heteroatoms. The quantitative estimate of drug-likeness (QED) is 0.343. The minimum Gasteiger partial charge on any atom is -0.496 e. The van der Waals surface area contributed by atoms with Gasteiger partial charge in [0.05, 0.1) is 20.4 Å². The van der Waals surface area contributed by atoms with Gasteiger partial charge in [0.2, 0.25) is 5.91 Å². The Morgan fingerprint density at radius 1 is 0.974 bits per heavy atom. The van der Waals surface area contributed by atoms with Gasteiger partial charge in [-0.3, -0.25) is 19.0 Å². The number of pyridine rings is 1. The smallest absolute Gasteiger partial charge is 0.339 e. The summed E-state index contributed by atoms with van der Waals surface area (Å²) in [4.78, 5) is 50.3. The maximum absolute atomic E-state index is 13.3. The third-order valence-electron chi connectivity index (χ3n) is 5.85. The van der Waals surface area contributed by atoms with Crippen molar-refractivity contribution in [3.63, 3.8) is 0 Å². The molecule has 38 heavy (non-hydrogen) atoms. The summed E-state index contributed by atoms with van der Waals surface area (Å²) in [6, 6.07) is 9.11. The average molecular weight is 543 g/mol. The van der Waals surface area contributed by atoms with Crippen LogP contribution in [-0.4, -0.2) is 55.3 Å². The Hall–Kier alpha value is -4.15. The van der Waals surface area contributed by atoms with Crippen molar-refractivity contribution in [3.8, 4) is 22.6 Å². The molecule has 0 fully saturated rings. The normalized spacial score (nSPS) is 11.5. The number of hydrogen-bond donors (Lipinski definition) is 2. The Morgan fingerprint density at radius 2 is 1.66 bits per heavy atom. The van der Waals surface area contributed by atoms with Crippen LogP contribution < -0.4 is 20.3 Å². The SMILES string of the molecule is COCCC(C(=O)Nc1ccc(C(=O)O)c(OC)c1)n1cc(OC)c(-c2cc(Cl)ccc2C(C)=O)cc1=O. The fourth-order valence-electron chi connectivity index (χ4n) is 3.99. The molecule has 1 heterocycles. The van der Waals surface area contributed by atoms with Gasteiger partial charge in [0.1, 0.15) is 23.1 Å². The fourth-order valence-corrected chi connectivity index (χ4v) is 4.16. The van der Waals surface area contributed by atoms with Gasteiger partial charge in [-0.2, -0.15) is 0 Å². The maximum atomic E-state index is 13.3. The summed E-state index contributed by atoms with van der Waals surface area (Å²) in [5.41, 5.74) is 0.823. The number of halogens is 1. The van der Waals surface area contributed by atoms with E-state index in [0.29, 0.717) is 21.7 Å². The van der Waals surface area contributed by atoms with Crippen LogP contribution in [-0.2, 0) is 9.53 Å². The van der Waals surface area contributed by atoms with Gasteiger partial charge >= 0.3 is 5.97 Å². The average Bonchev–Trinajstić information content (AvgIpc) is 2.88. The van der Waals surface area contributed by atoms with E-state index >= 15 is 0 Å². The predicted octanol–water partition coefficient (Wildman–Crippen LogP) is 4.30. The first kappa shape index (κ1) is 28.4. The number of aromatic carboxylic acids is 1. The zero-order valence-corrected chi connectivity index (χ0v) is 22.0. The Morgan fingerprint density at radius 3 is 2.26 bits per heavy atom. The van der Waals surface area contributed by atoms with Crippen molar-refractivity contribution in [1.82, 2.24) is 4.57 Å². The summed E-state index contributed by atoms with van der Waals surface area (Å²) >= 11 is 6.17. The number of ketones is 1. The highest BCUT2D eigenvalue weighted by molar-refractivity contribution is 6.31. The van der Waals surface area contributed by atoms with Gasteiger partial charge < -0.3 is 24.6 Å². The summed E-state index contributed by atoms with van der Waals surface area (Å²) < 4.78 is 17.0. The zero-order valence-electron chi connectivity index (χ0n) is 21.2. The van der Waals surface area contributed by atoms with Gasteiger partial charge in [0.15, 0.2) is 5.78 Å². The second-order valence-electron chi connectivity index (χ2n) is 8.25. The third-order valence-corrected chi connectivity index (χ3v) is 6.08. The highest BCUT2D eigenvalue weighted by atomic mass is 35.5. The molecule has 3 rings (SSSR count). The Kier molecular flexibility index (Phi) is 9.27. The van der Waals surface area contributed by atoms with Crippen LogP contribution in [0.3, 0.4) is 0 Å². The molecule has 10 nitrogen and oxygen atoms in total. The van der Waals surface area contributed by atoms with Gasteiger partial charge in [-0.25, -0.2) is 4.79 Å². The van der Waals surface area contributed by atoms with Crippen LogP contribution in [0, 0.1) is 0 Å². The fraction of sp³-hybridized carbons (Fsp3) is 0.259. The molecular formula is C27H27ClN2O8. The first-order valence-corrected chi connectivity index (χ1v) is 11.8. The van der Waals surface area contributed by atoms with Crippen molar-refractivity contribution < 1.29 is 33.7 Å². The van der Waals surface area contributed by atoms with Gasteiger partial charge in [-0.1, -0.05) is 11.6 Å². The standard InChI is InChI=1S/C27H27ClN2O8/c1-15(31)18-7-5-16(28)11-20(18)21-13-25(32)30(14-24(21)38-4)22(9-10-36-2)26(33)29-17-6-8-19(27(34)35)23(12-17)37-3/h5-8,11-14,22H,9-10H2,1-4H3,(H,29,33)(H,34,35). The Bertz CT molecular complexity index is 1430. The van der Waals surface area contributed by atoms with Crippen LogP contribution >= 0.6 is 11.6 Å². The number of carbonyl (C=O) groups is 3. The maximum Gasteiger partial charge on any atom is 0.339 e. The molecule has 1 unspecified atom stereocenters.